The fourth-order valence-corrected chi connectivity index (χ4v) is 3.93. The quantitative estimate of drug-likeness (QED) is 0.803. The van der Waals surface area contributed by atoms with E-state index in [0.717, 1.165) is 17.3 Å². The fraction of sp³-hybridized carbons (Fsp3) is 0.688. The first-order chi connectivity index (χ1) is 9.26. The predicted molar refractivity (Wildman–Crippen MR) is 79.3 cm³/mol. The highest BCUT2D eigenvalue weighted by molar-refractivity contribution is 6.30. The Morgan fingerprint density at radius 3 is 2.53 bits per heavy atom. The summed E-state index contributed by atoms with van der Waals surface area (Å²) < 4.78 is 0. The maximum Gasteiger partial charge on any atom is 0.0558 e. The molecule has 0 bridgehead atoms. The average Bonchev–Trinajstić information content (AvgIpc) is 2.43. The van der Waals surface area contributed by atoms with Crippen molar-refractivity contribution in [3.63, 3.8) is 0 Å². The molecule has 0 aromatic carbocycles. The summed E-state index contributed by atoms with van der Waals surface area (Å²) in [5.74, 6) is 0. The molecule has 2 fully saturated rings. The smallest absolute Gasteiger partial charge is 0.0558 e. The molecular formula is C16H23ClN2. The van der Waals surface area contributed by atoms with Crippen molar-refractivity contribution >= 4 is 11.6 Å². The third kappa shape index (κ3) is 3.29. The monoisotopic (exact) mass is 278 g/mol. The van der Waals surface area contributed by atoms with Crippen LogP contribution in [0.15, 0.2) is 18.3 Å². The highest BCUT2D eigenvalue weighted by atomic mass is 35.5. The van der Waals surface area contributed by atoms with E-state index in [1.54, 1.807) is 0 Å². The molecule has 1 aromatic rings. The highest BCUT2D eigenvalue weighted by Gasteiger charge is 2.35. The largest absolute Gasteiger partial charge is 0.297 e. The molecule has 0 atom stereocenters. The van der Waals surface area contributed by atoms with Gasteiger partial charge in [0.15, 0.2) is 0 Å². The van der Waals surface area contributed by atoms with Crippen molar-refractivity contribution in [2.45, 2.75) is 51.5 Å². The van der Waals surface area contributed by atoms with Crippen LogP contribution in [0.4, 0.5) is 0 Å². The van der Waals surface area contributed by atoms with Crippen LogP contribution < -0.4 is 0 Å². The summed E-state index contributed by atoms with van der Waals surface area (Å²) in [4.78, 5) is 6.95. The normalized spacial score (nSPS) is 23.6. The predicted octanol–water partition coefficient (Wildman–Crippen LogP) is 4.28. The summed E-state index contributed by atoms with van der Waals surface area (Å²) >= 11 is 6.02. The summed E-state index contributed by atoms with van der Waals surface area (Å²) in [5.41, 5.74) is 1.79. The number of likely N-dealkylation sites (tertiary alicyclic amines) is 1. The van der Waals surface area contributed by atoms with Crippen LogP contribution in [0.25, 0.3) is 0 Å². The zero-order valence-electron chi connectivity index (χ0n) is 11.6. The summed E-state index contributed by atoms with van der Waals surface area (Å²) in [5, 5.41) is 0.797. The molecule has 3 heteroatoms. The SMILES string of the molecule is Clc1ccnc(CN2CCC3(CCCCC3)CC2)c1. The minimum atomic E-state index is 0.691. The van der Waals surface area contributed by atoms with Gasteiger partial charge in [-0.05, 0) is 56.3 Å². The summed E-state index contributed by atoms with van der Waals surface area (Å²) in [7, 11) is 0. The van der Waals surface area contributed by atoms with Gasteiger partial charge in [0.05, 0.1) is 5.69 Å². The molecule has 0 N–H and O–H groups in total. The molecule has 1 aromatic heterocycles. The molecule has 2 heterocycles. The second-order valence-electron chi connectivity index (χ2n) is 6.30. The van der Waals surface area contributed by atoms with Gasteiger partial charge < -0.3 is 0 Å². The Kier molecular flexibility index (Phi) is 4.09. The van der Waals surface area contributed by atoms with Gasteiger partial charge in [-0.15, -0.1) is 0 Å². The molecule has 2 aliphatic rings. The van der Waals surface area contributed by atoms with E-state index in [0.29, 0.717) is 5.41 Å². The van der Waals surface area contributed by atoms with E-state index in [2.05, 4.69) is 9.88 Å². The Bertz CT molecular complexity index is 417. The maximum absolute atomic E-state index is 6.02. The molecular weight excluding hydrogens is 256 g/mol. The summed E-state index contributed by atoms with van der Waals surface area (Å²) in [6, 6.07) is 3.84. The zero-order valence-corrected chi connectivity index (χ0v) is 12.3. The Morgan fingerprint density at radius 2 is 1.84 bits per heavy atom. The van der Waals surface area contributed by atoms with Gasteiger partial charge >= 0.3 is 0 Å². The van der Waals surface area contributed by atoms with Crippen molar-refractivity contribution in [3.8, 4) is 0 Å². The first-order valence-corrected chi connectivity index (χ1v) is 7.96. The zero-order chi connectivity index (χ0) is 13.1. The molecule has 0 unspecified atom stereocenters. The molecule has 2 nitrogen and oxygen atoms in total. The third-order valence-electron chi connectivity index (χ3n) is 5.00. The fourth-order valence-electron chi connectivity index (χ4n) is 3.75. The van der Waals surface area contributed by atoms with Crippen LogP contribution in [-0.4, -0.2) is 23.0 Å². The van der Waals surface area contributed by atoms with Crippen LogP contribution in [-0.2, 0) is 6.54 Å². The molecule has 3 rings (SSSR count). The van der Waals surface area contributed by atoms with E-state index in [9.17, 15) is 0 Å². The van der Waals surface area contributed by atoms with Crippen molar-refractivity contribution in [1.29, 1.82) is 0 Å². The molecule has 104 valence electrons. The molecule has 0 amide bonds. The summed E-state index contributed by atoms with van der Waals surface area (Å²) in [6.07, 6.45) is 11.9. The molecule has 1 aliphatic heterocycles. The van der Waals surface area contributed by atoms with E-state index in [-0.39, 0.29) is 0 Å². The topological polar surface area (TPSA) is 16.1 Å². The molecule has 1 saturated carbocycles. The highest BCUT2D eigenvalue weighted by Crippen LogP contribution is 2.44. The number of pyridine rings is 1. The third-order valence-corrected chi connectivity index (χ3v) is 5.23. The lowest BCUT2D eigenvalue weighted by Crippen LogP contribution is -2.40. The average molecular weight is 279 g/mol. The molecule has 1 aliphatic carbocycles. The Morgan fingerprint density at radius 1 is 1.11 bits per heavy atom. The Labute approximate surface area is 121 Å². The van der Waals surface area contributed by atoms with E-state index >= 15 is 0 Å². The van der Waals surface area contributed by atoms with E-state index in [4.69, 9.17) is 11.6 Å². The second kappa shape index (κ2) is 5.80. The van der Waals surface area contributed by atoms with Gasteiger partial charge in [0.2, 0.25) is 0 Å². The van der Waals surface area contributed by atoms with Crippen LogP contribution >= 0.6 is 11.6 Å². The Balaban J connectivity index is 1.55. The number of hydrogen-bond donors (Lipinski definition) is 0. The molecule has 1 spiro atoms. The van der Waals surface area contributed by atoms with Gasteiger partial charge in [-0.25, -0.2) is 0 Å². The van der Waals surface area contributed by atoms with Gasteiger partial charge in [-0.3, -0.25) is 9.88 Å². The van der Waals surface area contributed by atoms with Crippen LogP contribution in [0.3, 0.4) is 0 Å². The molecule has 1 saturated heterocycles. The van der Waals surface area contributed by atoms with Crippen molar-refractivity contribution in [2.75, 3.05) is 13.1 Å². The lowest BCUT2D eigenvalue weighted by Gasteiger charge is -2.44. The number of piperidine rings is 1. The van der Waals surface area contributed by atoms with Crippen LogP contribution in [0.2, 0.25) is 5.02 Å². The van der Waals surface area contributed by atoms with Gasteiger partial charge in [-0.1, -0.05) is 30.9 Å². The van der Waals surface area contributed by atoms with Crippen LogP contribution in [0.1, 0.15) is 50.6 Å². The number of hydrogen-bond acceptors (Lipinski definition) is 2. The van der Waals surface area contributed by atoms with Gasteiger partial charge in [0.25, 0.3) is 0 Å². The minimum Gasteiger partial charge on any atom is -0.297 e. The van der Waals surface area contributed by atoms with E-state index in [1.807, 2.05) is 18.3 Å². The van der Waals surface area contributed by atoms with Crippen LogP contribution in [0.5, 0.6) is 0 Å². The van der Waals surface area contributed by atoms with Crippen molar-refractivity contribution < 1.29 is 0 Å². The van der Waals surface area contributed by atoms with E-state index < -0.39 is 0 Å². The first-order valence-electron chi connectivity index (χ1n) is 7.59. The van der Waals surface area contributed by atoms with Crippen molar-refractivity contribution in [3.05, 3.63) is 29.0 Å². The molecule has 0 radical (unpaired) electrons. The van der Waals surface area contributed by atoms with E-state index in [1.165, 1.54) is 58.0 Å². The van der Waals surface area contributed by atoms with Gasteiger partial charge in [0, 0.05) is 17.8 Å². The van der Waals surface area contributed by atoms with Gasteiger partial charge in [-0.2, -0.15) is 0 Å². The van der Waals surface area contributed by atoms with Crippen molar-refractivity contribution in [2.24, 2.45) is 5.41 Å². The molecule has 19 heavy (non-hydrogen) atoms. The lowest BCUT2D eigenvalue weighted by atomic mass is 9.68. The minimum absolute atomic E-state index is 0.691. The lowest BCUT2D eigenvalue weighted by molar-refractivity contribution is 0.0635. The number of rotatable bonds is 2. The van der Waals surface area contributed by atoms with Crippen LogP contribution in [0, 0.1) is 5.41 Å². The number of aromatic nitrogens is 1. The Hall–Kier alpha value is -0.600. The number of nitrogens with zero attached hydrogens (tertiary/aromatic N) is 2. The second-order valence-corrected chi connectivity index (χ2v) is 6.74. The first kappa shape index (κ1) is 13.4. The summed E-state index contributed by atoms with van der Waals surface area (Å²) in [6.45, 7) is 3.42. The van der Waals surface area contributed by atoms with Crippen molar-refractivity contribution in [1.82, 2.24) is 9.88 Å². The number of halogens is 1. The maximum atomic E-state index is 6.02. The standard InChI is InChI=1S/C16H23ClN2/c17-14-4-9-18-15(12-14)13-19-10-7-16(8-11-19)5-2-1-3-6-16/h4,9,12H,1-3,5-8,10-11,13H2. The van der Waals surface area contributed by atoms with Gasteiger partial charge in [0.1, 0.15) is 0 Å².